The first-order valence-electron chi connectivity index (χ1n) is 5.51. The molecule has 0 aliphatic rings. The molecule has 5 heteroatoms. The van der Waals surface area contributed by atoms with Crippen molar-refractivity contribution in [3.63, 3.8) is 0 Å². The van der Waals surface area contributed by atoms with Gasteiger partial charge >= 0.3 is 0 Å². The smallest absolute Gasteiger partial charge is 0.145 e. The van der Waals surface area contributed by atoms with Gasteiger partial charge < -0.3 is 15.4 Å². The first-order valence-corrected chi connectivity index (χ1v) is 5.51. The van der Waals surface area contributed by atoms with E-state index in [9.17, 15) is 5.11 Å². The van der Waals surface area contributed by atoms with E-state index in [4.69, 9.17) is 5.73 Å². The van der Waals surface area contributed by atoms with Crippen molar-refractivity contribution < 1.29 is 5.11 Å². The number of phenols is 1. The van der Waals surface area contributed by atoms with Gasteiger partial charge in [-0.15, -0.1) is 0 Å². The molecule has 2 aromatic heterocycles. The number of anilines is 1. The minimum absolute atomic E-state index is 0.222. The summed E-state index contributed by atoms with van der Waals surface area (Å²) in [6.45, 7) is 0. The highest BCUT2D eigenvalue weighted by Gasteiger charge is 2.13. The summed E-state index contributed by atoms with van der Waals surface area (Å²) in [7, 11) is 1.90. The summed E-state index contributed by atoms with van der Waals surface area (Å²) in [4.78, 5) is 8.24. The summed E-state index contributed by atoms with van der Waals surface area (Å²) in [5.41, 5.74) is 8.51. The lowest BCUT2D eigenvalue weighted by atomic mass is 10.1. The van der Waals surface area contributed by atoms with E-state index in [0.29, 0.717) is 5.82 Å². The fourth-order valence-corrected chi connectivity index (χ4v) is 2.13. The maximum atomic E-state index is 9.55. The third kappa shape index (κ3) is 1.48. The molecule has 3 N–H and O–H groups in total. The Hall–Kier alpha value is -2.56. The van der Waals surface area contributed by atoms with Crippen LogP contribution in [0.2, 0.25) is 0 Å². The van der Waals surface area contributed by atoms with Crippen LogP contribution in [0.1, 0.15) is 0 Å². The Labute approximate surface area is 104 Å². The lowest BCUT2D eigenvalue weighted by Crippen LogP contribution is -1.94. The third-order valence-corrected chi connectivity index (χ3v) is 2.94. The number of aromatic nitrogens is 3. The molecule has 0 saturated heterocycles. The van der Waals surface area contributed by atoms with Crippen molar-refractivity contribution in [2.75, 3.05) is 5.73 Å². The number of nitrogen functional groups attached to an aromatic ring is 1. The molecule has 5 nitrogen and oxygen atoms in total. The second-order valence-electron chi connectivity index (χ2n) is 4.16. The fourth-order valence-electron chi connectivity index (χ4n) is 2.13. The average molecular weight is 240 g/mol. The number of aryl methyl sites for hydroxylation is 1. The van der Waals surface area contributed by atoms with E-state index in [1.807, 2.05) is 23.9 Å². The van der Waals surface area contributed by atoms with Crippen molar-refractivity contribution in [2.45, 2.75) is 0 Å². The summed E-state index contributed by atoms with van der Waals surface area (Å²) >= 11 is 0. The third-order valence-electron chi connectivity index (χ3n) is 2.94. The summed E-state index contributed by atoms with van der Waals surface area (Å²) in [6, 6.07) is 7.04. The Morgan fingerprint density at radius 1 is 1.28 bits per heavy atom. The molecular formula is C13H12N4O. The van der Waals surface area contributed by atoms with Crippen molar-refractivity contribution >= 4 is 16.9 Å². The van der Waals surface area contributed by atoms with E-state index in [1.165, 1.54) is 6.33 Å². The van der Waals surface area contributed by atoms with Gasteiger partial charge in [0.15, 0.2) is 0 Å². The molecule has 0 radical (unpaired) electrons. The van der Waals surface area contributed by atoms with Crippen LogP contribution in [0.25, 0.3) is 22.2 Å². The van der Waals surface area contributed by atoms with Gasteiger partial charge in [-0.05, 0) is 17.7 Å². The average Bonchev–Trinajstić information content (AvgIpc) is 2.69. The van der Waals surface area contributed by atoms with E-state index in [0.717, 1.165) is 22.2 Å². The van der Waals surface area contributed by atoms with Crippen molar-refractivity contribution in [3.05, 3.63) is 36.8 Å². The molecule has 0 aliphatic heterocycles. The zero-order chi connectivity index (χ0) is 12.7. The maximum absolute atomic E-state index is 9.55. The van der Waals surface area contributed by atoms with E-state index < -0.39 is 0 Å². The van der Waals surface area contributed by atoms with Gasteiger partial charge in [0.2, 0.25) is 0 Å². The molecular weight excluding hydrogens is 228 g/mol. The van der Waals surface area contributed by atoms with Crippen LogP contribution in [0.5, 0.6) is 5.75 Å². The number of nitrogens with two attached hydrogens (primary N) is 1. The molecule has 2 heterocycles. The molecule has 3 aromatic rings. The summed E-state index contributed by atoms with van der Waals surface area (Å²) < 4.78 is 1.90. The zero-order valence-electron chi connectivity index (χ0n) is 9.83. The lowest BCUT2D eigenvalue weighted by Gasteiger charge is -2.01. The minimum atomic E-state index is 0.222. The van der Waals surface area contributed by atoms with Gasteiger partial charge in [-0.3, -0.25) is 0 Å². The molecule has 0 fully saturated rings. The molecule has 0 spiro atoms. The van der Waals surface area contributed by atoms with E-state index >= 15 is 0 Å². The molecule has 0 aliphatic carbocycles. The van der Waals surface area contributed by atoms with Crippen LogP contribution < -0.4 is 5.73 Å². The topological polar surface area (TPSA) is 77.0 Å². The molecule has 0 atom stereocenters. The molecule has 18 heavy (non-hydrogen) atoms. The van der Waals surface area contributed by atoms with Crippen LogP contribution in [0.4, 0.5) is 5.82 Å². The number of phenolic OH excluding ortho intramolecular Hbond substituents is 1. The van der Waals surface area contributed by atoms with E-state index in [-0.39, 0.29) is 5.75 Å². The molecule has 0 saturated carbocycles. The SMILES string of the molecule is Cn1cc(-c2cccc(O)c2)c2c(N)ncnc21. The van der Waals surface area contributed by atoms with E-state index in [1.54, 1.807) is 18.2 Å². The number of fused-ring (bicyclic) bond motifs is 1. The van der Waals surface area contributed by atoms with Gasteiger partial charge in [0.05, 0.1) is 5.39 Å². The Bertz CT molecular complexity index is 733. The molecule has 1 aromatic carbocycles. The van der Waals surface area contributed by atoms with Crippen molar-refractivity contribution in [1.82, 2.24) is 14.5 Å². The van der Waals surface area contributed by atoms with Crippen LogP contribution in [0.3, 0.4) is 0 Å². The highest BCUT2D eigenvalue weighted by Crippen LogP contribution is 2.33. The largest absolute Gasteiger partial charge is 0.508 e. The quantitative estimate of drug-likeness (QED) is 0.681. The molecule has 0 amide bonds. The first-order chi connectivity index (χ1) is 8.66. The number of benzene rings is 1. The lowest BCUT2D eigenvalue weighted by molar-refractivity contribution is 0.475. The normalized spacial score (nSPS) is 10.9. The number of nitrogens with zero attached hydrogens (tertiary/aromatic N) is 3. The summed E-state index contributed by atoms with van der Waals surface area (Å²) in [5.74, 6) is 0.666. The highest BCUT2D eigenvalue weighted by atomic mass is 16.3. The molecule has 0 unspecified atom stereocenters. The second kappa shape index (κ2) is 3.73. The summed E-state index contributed by atoms with van der Waals surface area (Å²) in [6.07, 6.45) is 3.38. The zero-order valence-corrected chi connectivity index (χ0v) is 9.83. The Morgan fingerprint density at radius 3 is 2.89 bits per heavy atom. The van der Waals surface area contributed by atoms with Crippen molar-refractivity contribution in [1.29, 1.82) is 0 Å². The van der Waals surface area contributed by atoms with Crippen LogP contribution in [-0.2, 0) is 7.05 Å². The minimum Gasteiger partial charge on any atom is -0.508 e. The van der Waals surface area contributed by atoms with Crippen molar-refractivity contribution in [2.24, 2.45) is 7.05 Å². The molecule has 90 valence electrons. The van der Waals surface area contributed by atoms with Crippen LogP contribution >= 0.6 is 0 Å². The number of rotatable bonds is 1. The summed E-state index contributed by atoms with van der Waals surface area (Å²) in [5, 5.41) is 10.4. The maximum Gasteiger partial charge on any atom is 0.145 e. The Balaban J connectivity index is 2.36. The predicted molar refractivity (Wildman–Crippen MR) is 70.0 cm³/mol. The van der Waals surface area contributed by atoms with Crippen molar-refractivity contribution in [3.8, 4) is 16.9 Å². The van der Waals surface area contributed by atoms with Crippen LogP contribution in [0, 0.1) is 0 Å². The van der Waals surface area contributed by atoms with Gasteiger partial charge in [-0.1, -0.05) is 12.1 Å². The van der Waals surface area contributed by atoms with E-state index in [2.05, 4.69) is 9.97 Å². The van der Waals surface area contributed by atoms with Gasteiger partial charge in [0.1, 0.15) is 23.5 Å². The first kappa shape index (κ1) is 10.6. The van der Waals surface area contributed by atoms with Gasteiger partial charge in [0.25, 0.3) is 0 Å². The number of hydrogen-bond donors (Lipinski definition) is 2. The number of hydrogen-bond acceptors (Lipinski definition) is 4. The molecule has 3 rings (SSSR count). The predicted octanol–water partition coefficient (Wildman–Crippen LogP) is 1.92. The Kier molecular flexibility index (Phi) is 2.19. The van der Waals surface area contributed by atoms with Crippen LogP contribution in [0.15, 0.2) is 36.8 Å². The van der Waals surface area contributed by atoms with Gasteiger partial charge in [-0.25, -0.2) is 9.97 Å². The van der Waals surface area contributed by atoms with Gasteiger partial charge in [-0.2, -0.15) is 0 Å². The number of aromatic hydroxyl groups is 1. The highest BCUT2D eigenvalue weighted by molar-refractivity contribution is 6.00. The second-order valence-corrected chi connectivity index (χ2v) is 4.16. The standard InChI is InChI=1S/C13H12N4O/c1-17-6-10(8-3-2-4-9(18)5-8)11-12(14)15-7-16-13(11)17/h2-7,18H,1H3,(H2,14,15,16). The fraction of sp³-hybridized carbons (Fsp3) is 0.0769. The van der Waals surface area contributed by atoms with Crippen LogP contribution in [-0.4, -0.2) is 19.6 Å². The molecule has 0 bridgehead atoms. The monoisotopic (exact) mass is 240 g/mol. The van der Waals surface area contributed by atoms with Gasteiger partial charge in [0, 0.05) is 18.8 Å². The Morgan fingerprint density at radius 2 is 2.11 bits per heavy atom.